The maximum atomic E-state index is 14.5. The van der Waals surface area contributed by atoms with Gasteiger partial charge < -0.3 is 19.3 Å². The molecule has 0 aromatic heterocycles. The van der Waals surface area contributed by atoms with Gasteiger partial charge in [-0.3, -0.25) is 4.79 Å². The van der Waals surface area contributed by atoms with Crippen molar-refractivity contribution >= 4 is 5.97 Å². The summed E-state index contributed by atoms with van der Waals surface area (Å²) >= 11 is 0. The Hall–Kier alpha value is -1.43. The number of esters is 1. The van der Waals surface area contributed by atoms with Crippen LogP contribution in [-0.2, 0) is 25.6 Å². The van der Waals surface area contributed by atoms with Crippen molar-refractivity contribution in [3.63, 3.8) is 0 Å². The SMILES string of the molecule is COCC1(C2(C)CC[C@]3(C(=O)OCc4ccccc4)CC[C@]4(C)C(CCC5[C@@]6(C)CC[C@@H](O)C(C)(C)C6CC[C@]54C)C23)CO1. The molecule has 1 aromatic rings. The van der Waals surface area contributed by atoms with Gasteiger partial charge in [-0.25, -0.2) is 0 Å². The van der Waals surface area contributed by atoms with Crippen LogP contribution in [0.2, 0.25) is 0 Å². The van der Waals surface area contributed by atoms with E-state index in [1.807, 2.05) is 18.2 Å². The Morgan fingerprint density at radius 3 is 2.18 bits per heavy atom. The summed E-state index contributed by atoms with van der Waals surface area (Å²) in [6, 6.07) is 10.1. The van der Waals surface area contributed by atoms with Gasteiger partial charge in [0.15, 0.2) is 0 Å². The van der Waals surface area contributed by atoms with Gasteiger partial charge in [-0.1, -0.05) is 71.9 Å². The number of benzene rings is 1. The molecule has 5 heteroatoms. The van der Waals surface area contributed by atoms with Crippen molar-refractivity contribution in [2.45, 2.75) is 124 Å². The van der Waals surface area contributed by atoms with Gasteiger partial charge in [0, 0.05) is 12.5 Å². The average molecular weight is 607 g/mol. The fourth-order valence-corrected chi connectivity index (χ4v) is 13.6. The third-order valence-corrected chi connectivity index (χ3v) is 16.3. The monoisotopic (exact) mass is 606 g/mol. The number of hydrogen-bond acceptors (Lipinski definition) is 5. The topological polar surface area (TPSA) is 68.3 Å². The first-order chi connectivity index (χ1) is 20.7. The number of rotatable bonds is 6. The molecule has 6 fully saturated rings. The van der Waals surface area contributed by atoms with Gasteiger partial charge in [0.25, 0.3) is 0 Å². The van der Waals surface area contributed by atoms with Gasteiger partial charge >= 0.3 is 5.97 Å². The summed E-state index contributed by atoms with van der Waals surface area (Å²) in [6.45, 7) is 16.6. The smallest absolute Gasteiger partial charge is 0.312 e. The van der Waals surface area contributed by atoms with Crippen LogP contribution in [0.25, 0.3) is 0 Å². The van der Waals surface area contributed by atoms with E-state index in [0.29, 0.717) is 31.0 Å². The molecule has 0 amide bonds. The minimum atomic E-state index is -0.471. The molecule has 1 heterocycles. The molecule has 44 heavy (non-hydrogen) atoms. The first kappa shape index (κ1) is 31.2. The summed E-state index contributed by atoms with van der Waals surface area (Å²) in [7, 11) is 1.79. The van der Waals surface area contributed by atoms with Crippen molar-refractivity contribution in [3.05, 3.63) is 35.9 Å². The largest absolute Gasteiger partial charge is 0.460 e. The highest BCUT2D eigenvalue weighted by atomic mass is 16.6. The number of aliphatic hydroxyl groups excluding tert-OH is 1. The predicted octanol–water partition coefficient (Wildman–Crippen LogP) is 7.98. The lowest BCUT2D eigenvalue weighted by Crippen LogP contribution is -2.68. The molecule has 1 saturated heterocycles. The third-order valence-electron chi connectivity index (χ3n) is 16.3. The van der Waals surface area contributed by atoms with Gasteiger partial charge in [0.1, 0.15) is 12.2 Å². The van der Waals surface area contributed by atoms with E-state index in [-0.39, 0.29) is 50.7 Å². The number of hydrogen-bond donors (Lipinski definition) is 1. The quantitative estimate of drug-likeness (QED) is 0.263. The predicted molar refractivity (Wildman–Crippen MR) is 172 cm³/mol. The first-order valence-corrected chi connectivity index (χ1v) is 17.8. The molecule has 7 rings (SSSR count). The van der Waals surface area contributed by atoms with Gasteiger partial charge in [-0.05, 0) is 115 Å². The van der Waals surface area contributed by atoms with E-state index in [9.17, 15) is 9.90 Å². The van der Waals surface area contributed by atoms with Crippen molar-refractivity contribution in [2.75, 3.05) is 20.3 Å². The summed E-state index contributed by atoms with van der Waals surface area (Å²) in [6.07, 6.45) is 10.5. The average Bonchev–Trinajstić information content (AvgIpc) is 3.72. The van der Waals surface area contributed by atoms with Crippen LogP contribution in [-0.4, -0.2) is 43.1 Å². The maximum Gasteiger partial charge on any atom is 0.312 e. The fraction of sp³-hybridized carbons (Fsp3) is 0.821. The third kappa shape index (κ3) is 3.90. The van der Waals surface area contributed by atoms with Crippen LogP contribution in [0, 0.1) is 56.2 Å². The van der Waals surface area contributed by atoms with Crippen LogP contribution in [0.15, 0.2) is 30.3 Å². The molecule has 5 aliphatic carbocycles. The standard InChI is InChI=1S/C39H58O5/c1-33(2)28-15-18-36(5)29(34(28,3)17-16-30(33)40)14-13-27-31-37(6,39(24-42-7)25-44-39)20-22-38(31,21-19-35(27,36)4)32(41)43-23-26-11-9-8-10-12-26/h8-12,27-31,40H,13-25H2,1-7H3/t27?,28?,29?,30-,31?,34+,35-,36-,37?,38-,39?/m1/s1. The van der Waals surface area contributed by atoms with Crippen molar-refractivity contribution in [2.24, 2.45) is 56.2 Å². The Morgan fingerprint density at radius 1 is 0.841 bits per heavy atom. The number of aliphatic hydroxyl groups is 1. The lowest BCUT2D eigenvalue weighted by molar-refractivity contribution is -0.256. The van der Waals surface area contributed by atoms with Crippen LogP contribution in [0.3, 0.4) is 0 Å². The highest BCUT2D eigenvalue weighted by Gasteiger charge is 2.78. The van der Waals surface area contributed by atoms with Crippen molar-refractivity contribution in [1.29, 1.82) is 0 Å². The minimum Gasteiger partial charge on any atom is -0.460 e. The Balaban J connectivity index is 1.27. The number of carbonyl (C=O) groups excluding carboxylic acids is 1. The highest BCUT2D eigenvalue weighted by molar-refractivity contribution is 5.78. The van der Waals surface area contributed by atoms with Crippen molar-refractivity contribution < 1.29 is 24.1 Å². The zero-order valence-electron chi connectivity index (χ0n) is 28.5. The second-order valence-electron chi connectivity index (χ2n) is 17.9. The molecule has 0 spiro atoms. The zero-order valence-corrected chi connectivity index (χ0v) is 28.5. The van der Waals surface area contributed by atoms with Crippen LogP contribution in [0.4, 0.5) is 0 Å². The van der Waals surface area contributed by atoms with Gasteiger partial charge in [0.2, 0.25) is 0 Å². The number of methoxy groups -OCH3 is 1. The number of ether oxygens (including phenoxy) is 3. The Morgan fingerprint density at radius 2 is 1.52 bits per heavy atom. The van der Waals surface area contributed by atoms with Crippen molar-refractivity contribution in [1.82, 2.24) is 0 Å². The summed E-state index contributed by atoms with van der Waals surface area (Å²) in [4.78, 5) is 14.5. The van der Waals surface area contributed by atoms with E-state index >= 15 is 0 Å². The van der Waals surface area contributed by atoms with Crippen LogP contribution in [0.5, 0.6) is 0 Å². The molecular weight excluding hydrogens is 548 g/mol. The second-order valence-corrected chi connectivity index (χ2v) is 17.9. The van der Waals surface area contributed by atoms with E-state index in [1.54, 1.807) is 7.11 Å². The summed E-state index contributed by atoms with van der Waals surface area (Å²) < 4.78 is 18.5. The van der Waals surface area contributed by atoms with Gasteiger partial charge in [-0.2, -0.15) is 0 Å². The second kappa shape index (κ2) is 10.0. The highest BCUT2D eigenvalue weighted by Crippen LogP contribution is 2.80. The molecule has 0 bridgehead atoms. The molecule has 6 aliphatic rings. The number of epoxide rings is 1. The molecule has 1 N–H and O–H groups in total. The normalized spacial score (nSPS) is 50.5. The fourth-order valence-electron chi connectivity index (χ4n) is 13.6. The lowest BCUT2D eigenvalue weighted by Gasteiger charge is -2.73. The Labute approximate surface area is 266 Å². The van der Waals surface area contributed by atoms with E-state index in [0.717, 1.165) is 50.7 Å². The molecule has 6 unspecified atom stereocenters. The molecule has 5 saturated carbocycles. The Bertz CT molecular complexity index is 1270. The van der Waals surface area contributed by atoms with Crippen molar-refractivity contribution in [3.8, 4) is 0 Å². The van der Waals surface area contributed by atoms with E-state index in [2.05, 4.69) is 53.7 Å². The summed E-state index contributed by atoms with van der Waals surface area (Å²) in [5.74, 6) is 1.86. The van der Waals surface area contributed by atoms with Gasteiger partial charge in [-0.15, -0.1) is 0 Å². The molecular formula is C39H58O5. The maximum absolute atomic E-state index is 14.5. The molecule has 5 nitrogen and oxygen atoms in total. The van der Waals surface area contributed by atoms with Crippen LogP contribution in [0.1, 0.15) is 111 Å². The number of carbonyl (C=O) groups is 1. The molecule has 244 valence electrons. The summed E-state index contributed by atoms with van der Waals surface area (Å²) in [5, 5.41) is 11.1. The zero-order chi connectivity index (χ0) is 31.4. The first-order valence-electron chi connectivity index (χ1n) is 17.8. The van der Waals surface area contributed by atoms with Crippen LogP contribution >= 0.6 is 0 Å². The minimum absolute atomic E-state index is 0.0244. The van der Waals surface area contributed by atoms with Gasteiger partial charge in [0.05, 0.1) is 24.7 Å². The summed E-state index contributed by atoms with van der Waals surface area (Å²) in [5.41, 5.74) is 0.657. The molecule has 1 aliphatic heterocycles. The number of fused-ring (bicyclic) bond motifs is 7. The molecule has 1 aromatic carbocycles. The van der Waals surface area contributed by atoms with Crippen LogP contribution < -0.4 is 0 Å². The van der Waals surface area contributed by atoms with E-state index in [1.165, 1.54) is 25.7 Å². The lowest BCUT2D eigenvalue weighted by atomic mass is 9.31. The molecule has 11 atom stereocenters. The van der Waals surface area contributed by atoms with E-state index < -0.39 is 5.41 Å². The van der Waals surface area contributed by atoms with E-state index in [4.69, 9.17) is 14.2 Å². The molecule has 0 radical (unpaired) electrons. The Kier molecular flexibility index (Phi) is 7.11.